The Morgan fingerprint density at radius 2 is 1.90 bits per heavy atom. The van der Waals surface area contributed by atoms with Crippen LogP contribution in [0.2, 0.25) is 0 Å². The molecule has 0 saturated heterocycles. The lowest BCUT2D eigenvalue weighted by Crippen LogP contribution is -2.24. The number of aryl methyl sites for hydroxylation is 3. The van der Waals surface area contributed by atoms with Gasteiger partial charge in [0.25, 0.3) is 0 Å². The van der Waals surface area contributed by atoms with Crippen LogP contribution in [0.4, 0.5) is 5.13 Å². The zero-order valence-corrected chi connectivity index (χ0v) is 20.3. The fourth-order valence-corrected chi connectivity index (χ4v) is 6.26. The van der Waals surface area contributed by atoms with Gasteiger partial charge in [0.05, 0.1) is 15.8 Å². The Morgan fingerprint density at radius 1 is 1.13 bits per heavy atom. The molecule has 5 nitrogen and oxygen atoms in total. The van der Waals surface area contributed by atoms with Crippen molar-refractivity contribution in [1.29, 1.82) is 0 Å². The number of fused-ring (bicyclic) bond motifs is 1. The van der Waals surface area contributed by atoms with E-state index >= 15 is 0 Å². The summed E-state index contributed by atoms with van der Waals surface area (Å²) in [6.07, 6.45) is 6.92. The Kier molecular flexibility index (Phi) is 6.92. The zero-order valence-electron chi connectivity index (χ0n) is 18.7. The minimum atomic E-state index is -0.225. The Bertz CT molecular complexity index is 1090. The Balaban J connectivity index is 1.48. The first kappa shape index (κ1) is 22.2. The smallest absolute Gasteiger partial charge is 0.239 e. The van der Waals surface area contributed by atoms with Crippen molar-refractivity contribution < 1.29 is 4.79 Å². The summed E-state index contributed by atoms with van der Waals surface area (Å²) in [6, 6.07) is 6.43. The van der Waals surface area contributed by atoms with E-state index in [1.807, 2.05) is 6.92 Å². The third-order valence-electron chi connectivity index (χ3n) is 5.98. The number of aromatic nitrogens is 3. The number of thioether (sulfide) groups is 1. The molecule has 1 amide bonds. The van der Waals surface area contributed by atoms with Gasteiger partial charge in [0.1, 0.15) is 5.01 Å². The van der Waals surface area contributed by atoms with E-state index in [-0.39, 0.29) is 11.2 Å². The first-order valence-corrected chi connectivity index (χ1v) is 12.8. The molecule has 1 aromatic carbocycles. The van der Waals surface area contributed by atoms with Crippen LogP contribution in [0, 0.1) is 20.8 Å². The standard InChI is InChI=1S/C24H30N4OS2/c1-5-19(22(29)26-24-28-27-23(31-24)17-9-7-6-8-10-17)30-20-13-15(3)18-12-14(2)11-16(4)21(18)25-20/h11-13,17,19H,5-10H2,1-4H3,(H,26,28,29). The normalized spacial score (nSPS) is 15.9. The van der Waals surface area contributed by atoms with Gasteiger partial charge in [-0.1, -0.05) is 60.9 Å². The highest BCUT2D eigenvalue weighted by Crippen LogP contribution is 2.36. The second kappa shape index (κ2) is 9.65. The van der Waals surface area contributed by atoms with E-state index in [9.17, 15) is 4.79 Å². The summed E-state index contributed by atoms with van der Waals surface area (Å²) >= 11 is 3.06. The van der Waals surface area contributed by atoms with Gasteiger partial charge in [-0.3, -0.25) is 10.1 Å². The first-order chi connectivity index (χ1) is 14.9. The summed E-state index contributed by atoms with van der Waals surface area (Å²) in [5, 5.41) is 15.1. The number of amides is 1. The first-order valence-electron chi connectivity index (χ1n) is 11.1. The van der Waals surface area contributed by atoms with Crippen LogP contribution in [0.3, 0.4) is 0 Å². The van der Waals surface area contributed by atoms with Gasteiger partial charge in [-0.2, -0.15) is 0 Å². The van der Waals surface area contributed by atoms with Gasteiger partial charge >= 0.3 is 0 Å². The average molecular weight is 455 g/mol. The summed E-state index contributed by atoms with van der Waals surface area (Å²) in [6.45, 7) is 8.36. The molecule has 0 aliphatic heterocycles. The van der Waals surface area contributed by atoms with Gasteiger partial charge in [-0.05, 0) is 63.3 Å². The summed E-state index contributed by atoms with van der Waals surface area (Å²) in [4.78, 5) is 17.8. The van der Waals surface area contributed by atoms with E-state index in [1.165, 1.54) is 77.3 Å². The quantitative estimate of drug-likeness (QED) is 0.427. The molecule has 2 heterocycles. The number of nitrogens with one attached hydrogen (secondary N) is 1. The number of hydrogen-bond acceptors (Lipinski definition) is 6. The highest BCUT2D eigenvalue weighted by molar-refractivity contribution is 8.00. The maximum atomic E-state index is 13.0. The molecule has 1 aliphatic carbocycles. The van der Waals surface area contributed by atoms with Crippen LogP contribution in [0.25, 0.3) is 10.9 Å². The molecule has 1 fully saturated rings. The summed E-state index contributed by atoms with van der Waals surface area (Å²) in [7, 11) is 0. The third-order valence-corrected chi connectivity index (χ3v) is 8.27. The summed E-state index contributed by atoms with van der Waals surface area (Å²) in [5.41, 5.74) is 4.62. The molecule has 164 valence electrons. The van der Waals surface area contributed by atoms with Crippen LogP contribution >= 0.6 is 23.1 Å². The molecule has 0 radical (unpaired) electrons. The third kappa shape index (κ3) is 5.09. The maximum absolute atomic E-state index is 13.0. The van der Waals surface area contributed by atoms with Crippen molar-refractivity contribution in [2.45, 2.75) is 82.4 Å². The number of carbonyl (C=O) groups excluding carboxylic acids is 1. The van der Waals surface area contributed by atoms with Crippen molar-refractivity contribution in [3.05, 3.63) is 39.9 Å². The van der Waals surface area contributed by atoms with E-state index in [2.05, 4.69) is 54.5 Å². The zero-order chi connectivity index (χ0) is 22.0. The Morgan fingerprint density at radius 3 is 2.65 bits per heavy atom. The fraction of sp³-hybridized carbons (Fsp3) is 0.500. The second-order valence-electron chi connectivity index (χ2n) is 8.54. The number of carbonyl (C=O) groups is 1. The highest BCUT2D eigenvalue weighted by Gasteiger charge is 2.23. The molecule has 1 aliphatic rings. The number of anilines is 1. The predicted octanol–water partition coefficient (Wildman–Crippen LogP) is 6.57. The van der Waals surface area contributed by atoms with Crippen molar-refractivity contribution in [2.75, 3.05) is 5.32 Å². The van der Waals surface area contributed by atoms with Gasteiger partial charge in [0, 0.05) is 11.3 Å². The molecule has 2 aromatic heterocycles. The largest absolute Gasteiger partial charge is 0.300 e. The predicted molar refractivity (Wildman–Crippen MR) is 130 cm³/mol. The van der Waals surface area contributed by atoms with Gasteiger partial charge in [0.2, 0.25) is 11.0 Å². The molecule has 3 aromatic rings. The van der Waals surface area contributed by atoms with Crippen molar-refractivity contribution >= 4 is 45.0 Å². The SMILES string of the molecule is CCC(Sc1cc(C)c2cc(C)cc(C)c2n1)C(=O)Nc1nnc(C2CCCCC2)s1. The van der Waals surface area contributed by atoms with Crippen LogP contribution in [0.15, 0.2) is 23.2 Å². The summed E-state index contributed by atoms with van der Waals surface area (Å²) < 4.78 is 0. The van der Waals surface area contributed by atoms with Crippen LogP contribution < -0.4 is 5.32 Å². The number of rotatable bonds is 6. The van der Waals surface area contributed by atoms with Crippen LogP contribution in [-0.4, -0.2) is 26.3 Å². The minimum Gasteiger partial charge on any atom is -0.300 e. The number of nitrogens with zero attached hydrogens (tertiary/aromatic N) is 3. The molecule has 1 unspecified atom stereocenters. The molecule has 31 heavy (non-hydrogen) atoms. The summed E-state index contributed by atoms with van der Waals surface area (Å²) in [5.74, 6) is 0.476. The van der Waals surface area contributed by atoms with Gasteiger partial charge in [0.15, 0.2) is 0 Å². The van der Waals surface area contributed by atoms with Gasteiger partial charge in [-0.15, -0.1) is 10.2 Å². The van der Waals surface area contributed by atoms with Gasteiger partial charge < -0.3 is 0 Å². The van der Waals surface area contributed by atoms with E-state index in [0.29, 0.717) is 11.0 Å². The fourth-order valence-electron chi connectivity index (χ4n) is 4.33. The molecular weight excluding hydrogens is 424 g/mol. The highest BCUT2D eigenvalue weighted by atomic mass is 32.2. The topological polar surface area (TPSA) is 67.8 Å². The van der Waals surface area contributed by atoms with Crippen LogP contribution in [0.1, 0.15) is 73.1 Å². The van der Waals surface area contributed by atoms with Crippen molar-refractivity contribution in [3.63, 3.8) is 0 Å². The lowest BCUT2D eigenvalue weighted by atomic mass is 9.90. The monoisotopic (exact) mass is 454 g/mol. The lowest BCUT2D eigenvalue weighted by molar-refractivity contribution is -0.115. The minimum absolute atomic E-state index is 0.0287. The average Bonchev–Trinajstić information content (AvgIpc) is 3.22. The molecule has 7 heteroatoms. The van der Waals surface area contributed by atoms with E-state index in [1.54, 1.807) is 0 Å². The van der Waals surface area contributed by atoms with Crippen LogP contribution in [0.5, 0.6) is 0 Å². The molecule has 0 bridgehead atoms. The molecule has 1 atom stereocenters. The van der Waals surface area contributed by atoms with Crippen LogP contribution in [-0.2, 0) is 4.79 Å². The molecule has 1 saturated carbocycles. The Hall–Kier alpha value is -1.99. The number of benzene rings is 1. The van der Waals surface area contributed by atoms with E-state index < -0.39 is 0 Å². The van der Waals surface area contributed by atoms with Crippen molar-refractivity contribution in [3.8, 4) is 0 Å². The van der Waals surface area contributed by atoms with E-state index in [4.69, 9.17) is 4.98 Å². The molecule has 1 N–H and O–H groups in total. The van der Waals surface area contributed by atoms with Gasteiger partial charge in [-0.25, -0.2) is 4.98 Å². The Labute approximate surface area is 192 Å². The van der Waals surface area contributed by atoms with E-state index in [0.717, 1.165) is 22.0 Å². The molecular formula is C24H30N4OS2. The maximum Gasteiger partial charge on any atom is 0.239 e. The number of pyridine rings is 1. The lowest BCUT2D eigenvalue weighted by Gasteiger charge is -2.18. The molecule has 4 rings (SSSR count). The number of hydrogen-bond donors (Lipinski definition) is 1. The van der Waals surface area contributed by atoms with Crippen molar-refractivity contribution in [1.82, 2.24) is 15.2 Å². The second-order valence-corrected chi connectivity index (χ2v) is 10.8. The van der Waals surface area contributed by atoms with Crippen molar-refractivity contribution in [2.24, 2.45) is 0 Å². The molecule has 0 spiro atoms.